The van der Waals surface area contributed by atoms with Crippen molar-refractivity contribution in [3.63, 3.8) is 0 Å². The predicted molar refractivity (Wildman–Crippen MR) is 112 cm³/mol. The van der Waals surface area contributed by atoms with Gasteiger partial charge < -0.3 is 14.5 Å². The predicted octanol–water partition coefficient (Wildman–Crippen LogP) is 5.31. The van der Waals surface area contributed by atoms with E-state index in [-0.39, 0.29) is 28.6 Å². The molecule has 29 heavy (non-hydrogen) atoms. The van der Waals surface area contributed by atoms with E-state index in [0.717, 1.165) is 18.2 Å². The van der Waals surface area contributed by atoms with Crippen molar-refractivity contribution in [2.24, 2.45) is 5.92 Å². The number of halogens is 1. The van der Waals surface area contributed by atoms with Crippen molar-refractivity contribution in [2.45, 2.75) is 57.9 Å². The molecule has 2 unspecified atom stereocenters. The minimum absolute atomic E-state index is 0.0523. The number of hydrogen-bond donors (Lipinski definition) is 1. The van der Waals surface area contributed by atoms with E-state index in [1.54, 1.807) is 45.0 Å². The van der Waals surface area contributed by atoms with Crippen LogP contribution in [0.15, 0.2) is 33.9 Å². The molecule has 0 fully saturated rings. The number of nitrogens with one attached hydrogen (secondary N) is 1. The van der Waals surface area contributed by atoms with Gasteiger partial charge in [-0.2, -0.15) is 0 Å². The first-order valence-corrected chi connectivity index (χ1v) is 10.7. The van der Waals surface area contributed by atoms with Gasteiger partial charge in [0.2, 0.25) is 5.89 Å². The zero-order valence-corrected chi connectivity index (χ0v) is 18.8. The lowest BCUT2D eigenvalue weighted by Crippen LogP contribution is -2.37. The van der Waals surface area contributed by atoms with Crippen LogP contribution in [0.1, 0.15) is 63.3 Å². The van der Waals surface area contributed by atoms with E-state index in [1.807, 2.05) is 13.8 Å². The summed E-state index contributed by atoms with van der Waals surface area (Å²) in [5.41, 5.74) is -0.0483. The number of rotatable bonds is 8. The molecule has 2 aromatic rings. The normalized spacial score (nSPS) is 13.6. The van der Waals surface area contributed by atoms with Crippen molar-refractivity contribution < 1.29 is 18.7 Å². The Morgan fingerprint density at radius 1 is 1.24 bits per heavy atom. The van der Waals surface area contributed by atoms with Crippen LogP contribution >= 0.6 is 23.4 Å². The van der Waals surface area contributed by atoms with E-state index < -0.39 is 17.7 Å². The first-order chi connectivity index (χ1) is 13.6. The van der Waals surface area contributed by atoms with Gasteiger partial charge in [0, 0.05) is 10.6 Å². The van der Waals surface area contributed by atoms with Crippen LogP contribution in [0.4, 0.5) is 4.79 Å². The molecule has 1 aromatic carbocycles. The molecule has 1 aromatic heterocycles. The van der Waals surface area contributed by atoms with Crippen LogP contribution in [0.3, 0.4) is 0 Å². The maximum Gasteiger partial charge on any atom is 0.408 e. The molecule has 158 valence electrons. The van der Waals surface area contributed by atoms with E-state index in [1.165, 1.54) is 0 Å². The van der Waals surface area contributed by atoms with Crippen molar-refractivity contribution in [2.75, 3.05) is 5.75 Å². The van der Waals surface area contributed by atoms with Gasteiger partial charge in [-0.05, 0) is 51.0 Å². The van der Waals surface area contributed by atoms with Gasteiger partial charge in [-0.1, -0.05) is 43.6 Å². The molecule has 2 atom stereocenters. The molecular weight excluding hydrogens is 414 g/mol. The molecule has 0 bridgehead atoms. The molecule has 0 saturated carbocycles. The second-order valence-corrected chi connectivity index (χ2v) is 9.00. The number of alkyl carbamates (subject to hydrolysis) is 1. The number of hydrogen-bond acceptors (Lipinski definition) is 7. The monoisotopic (exact) mass is 439 g/mol. The molecular formula is C20H26ClN3O4S. The average molecular weight is 440 g/mol. The van der Waals surface area contributed by atoms with Gasteiger partial charge in [-0.3, -0.25) is 4.79 Å². The zero-order valence-electron chi connectivity index (χ0n) is 17.2. The van der Waals surface area contributed by atoms with E-state index in [4.69, 9.17) is 20.8 Å². The Bertz CT molecular complexity index is 833. The van der Waals surface area contributed by atoms with Gasteiger partial charge in [0.15, 0.2) is 5.78 Å². The fraction of sp³-hybridized carbons (Fsp3) is 0.500. The highest BCUT2D eigenvalue weighted by Gasteiger charge is 2.28. The molecule has 0 radical (unpaired) electrons. The topological polar surface area (TPSA) is 94.3 Å². The summed E-state index contributed by atoms with van der Waals surface area (Å²) in [7, 11) is 0. The lowest BCUT2D eigenvalue weighted by molar-refractivity contribution is 0.0473. The maximum absolute atomic E-state index is 12.3. The van der Waals surface area contributed by atoms with Gasteiger partial charge in [0.05, 0.1) is 5.75 Å². The Balaban J connectivity index is 2.02. The highest BCUT2D eigenvalue weighted by molar-refractivity contribution is 7.99. The Morgan fingerprint density at radius 3 is 2.48 bits per heavy atom. The minimum atomic E-state index is -0.609. The summed E-state index contributed by atoms with van der Waals surface area (Å²) in [5.74, 6) is 0.413. The van der Waals surface area contributed by atoms with Crippen LogP contribution in [-0.4, -0.2) is 33.4 Å². The first-order valence-electron chi connectivity index (χ1n) is 9.33. The Morgan fingerprint density at radius 2 is 1.90 bits per heavy atom. The smallest absolute Gasteiger partial charge is 0.408 e. The number of nitrogens with zero attached hydrogens (tertiary/aromatic N) is 2. The molecule has 7 nitrogen and oxygen atoms in total. The van der Waals surface area contributed by atoms with E-state index in [2.05, 4.69) is 15.5 Å². The lowest BCUT2D eigenvalue weighted by Gasteiger charge is -2.24. The van der Waals surface area contributed by atoms with Crippen LogP contribution in [0.2, 0.25) is 5.02 Å². The van der Waals surface area contributed by atoms with Gasteiger partial charge in [0.1, 0.15) is 11.6 Å². The van der Waals surface area contributed by atoms with Crippen molar-refractivity contribution >= 4 is 35.2 Å². The molecule has 0 saturated heterocycles. The van der Waals surface area contributed by atoms with Gasteiger partial charge in [0.25, 0.3) is 5.22 Å². The number of carbonyl (C=O) groups excluding carboxylic acids is 2. The number of thioether (sulfide) groups is 1. The van der Waals surface area contributed by atoms with Crippen LogP contribution in [-0.2, 0) is 4.74 Å². The highest BCUT2D eigenvalue weighted by atomic mass is 35.5. The zero-order chi connectivity index (χ0) is 21.6. The second-order valence-electron chi connectivity index (χ2n) is 7.63. The standard InChI is InChI=1S/C20H26ClN3O4S/c1-6-12(2)16(22-18(26)28-20(3,4)5)17-23-24-19(27-17)29-11-15(25)13-7-9-14(21)10-8-13/h7-10,12,16H,6,11H2,1-5H3,(H,22,26). The number of Topliss-reactive ketones (excluding diaryl/α,β-unsaturated/α-hetero) is 1. The summed E-state index contributed by atoms with van der Waals surface area (Å²) in [6.45, 7) is 9.37. The summed E-state index contributed by atoms with van der Waals surface area (Å²) in [5, 5.41) is 11.7. The summed E-state index contributed by atoms with van der Waals surface area (Å²) < 4.78 is 11.0. The second kappa shape index (κ2) is 10.1. The molecule has 2 rings (SSSR count). The van der Waals surface area contributed by atoms with Crippen LogP contribution in [0.25, 0.3) is 0 Å². The Hall–Kier alpha value is -2.06. The lowest BCUT2D eigenvalue weighted by atomic mass is 9.99. The van der Waals surface area contributed by atoms with Gasteiger partial charge in [-0.25, -0.2) is 4.79 Å². The van der Waals surface area contributed by atoms with E-state index in [9.17, 15) is 9.59 Å². The summed E-state index contributed by atoms with van der Waals surface area (Å²) >= 11 is 6.99. The summed E-state index contributed by atoms with van der Waals surface area (Å²) in [6.07, 6.45) is 0.244. The summed E-state index contributed by atoms with van der Waals surface area (Å²) in [6, 6.07) is 6.21. The number of benzene rings is 1. The van der Waals surface area contributed by atoms with E-state index in [0.29, 0.717) is 10.6 Å². The molecule has 0 aliphatic carbocycles. The quantitative estimate of drug-likeness (QED) is 0.439. The first kappa shape index (κ1) is 23.2. The molecule has 1 heterocycles. The van der Waals surface area contributed by atoms with Gasteiger partial charge in [-0.15, -0.1) is 10.2 Å². The molecule has 0 spiro atoms. The Kier molecular flexibility index (Phi) is 8.10. The molecule has 0 aliphatic heterocycles. The van der Waals surface area contributed by atoms with Gasteiger partial charge >= 0.3 is 6.09 Å². The van der Waals surface area contributed by atoms with Crippen molar-refractivity contribution in [3.8, 4) is 0 Å². The van der Waals surface area contributed by atoms with Crippen molar-refractivity contribution in [1.82, 2.24) is 15.5 Å². The van der Waals surface area contributed by atoms with Crippen molar-refractivity contribution in [3.05, 3.63) is 40.7 Å². The third kappa shape index (κ3) is 7.36. The van der Waals surface area contributed by atoms with Crippen LogP contribution < -0.4 is 5.32 Å². The molecule has 9 heteroatoms. The largest absolute Gasteiger partial charge is 0.444 e. The fourth-order valence-corrected chi connectivity index (χ4v) is 3.16. The number of carbonyl (C=O) groups is 2. The van der Waals surface area contributed by atoms with Crippen molar-refractivity contribution in [1.29, 1.82) is 0 Å². The maximum atomic E-state index is 12.3. The number of aromatic nitrogens is 2. The van der Waals surface area contributed by atoms with Crippen LogP contribution in [0.5, 0.6) is 0 Å². The SMILES string of the molecule is CCC(C)C(NC(=O)OC(C)(C)C)c1nnc(SCC(=O)c2ccc(Cl)cc2)o1. The fourth-order valence-electron chi connectivity index (χ4n) is 2.37. The Labute approximate surface area is 179 Å². The average Bonchev–Trinajstić information content (AvgIpc) is 3.11. The third-order valence-corrected chi connectivity index (χ3v) is 5.14. The van der Waals surface area contributed by atoms with Crippen LogP contribution in [0, 0.1) is 5.92 Å². The molecule has 1 N–H and O–H groups in total. The number of amides is 1. The minimum Gasteiger partial charge on any atom is -0.444 e. The molecule has 0 aliphatic rings. The van der Waals surface area contributed by atoms with E-state index >= 15 is 0 Å². The highest BCUT2D eigenvalue weighted by Crippen LogP contribution is 2.27. The molecule has 1 amide bonds. The number of ketones is 1. The third-order valence-electron chi connectivity index (χ3n) is 4.07. The summed E-state index contributed by atoms with van der Waals surface area (Å²) in [4.78, 5) is 24.5. The number of ether oxygens (including phenoxy) is 1.